The van der Waals surface area contributed by atoms with Crippen LogP contribution in [0.5, 0.6) is 11.5 Å². The van der Waals surface area contributed by atoms with Crippen LogP contribution in [-0.4, -0.2) is 130 Å². The summed E-state index contributed by atoms with van der Waals surface area (Å²) >= 11 is 7.05. The van der Waals surface area contributed by atoms with Gasteiger partial charge in [-0.15, -0.1) is 0 Å². The van der Waals surface area contributed by atoms with E-state index in [0.29, 0.717) is 76.5 Å². The first-order chi connectivity index (χ1) is 54.7. The number of ether oxygens (including phenoxy) is 2. The molecule has 27 heteroatoms. The highest BCUT2D eigenvalue weighted by Gasteiger charge is 2.54. The predicted molar refractivity (Wildman–Crippen MR) is 430 cm³/mol. The van der Waals surface area contributed by atoms with E-state index in [2.05, 4.69) is 113 Å². The third kappa shape index (κ3) is 15.8. The van der Waals surface area contributed by atoms with Crippen LogP contribution in [0.4, 0.5) is 9.59 Å². The van der Waals surface area contributed by atoms with Gasteiger partial charge in [-0.05, 0) is 178 Å². The highest BCUT2D eigenvalue weighted by Crippen LogP contribution is 2.43. The number of rotatable bonds is 9. The molecule has 7 heterocycles. The van der Waals surface area contributed by atoms with E-state index in [-0.39, 0.29) is 42.2 Å². The fourth-order valence-corrected chi connectivity index (χ4v) is 18.2. The average Bonchev–Trinajstić information content (AvgIpc) is 1.55. The van der Waals surface area contributed by atoms with Gasteiger partial charge in [-0.2, -0.15) is 0 Å². The number of fused-ring (bicyclic) bond motifs is 5. The monoisotopic (exact) mass is 1640 g/mol. The number of aromatic nitrogens is 6. The largest absolute Gasteiger partial charge is 0.497 e. The maximum absolute atomic E-state index is 13.5. The van der Waals surface area contributed by atoms with Crippen molar-refractivity contribution in [2.24, 2.45) is 16.5 Å². The normalized spacial score (nSPS) is 21.9. The van der Waals surface area contributed by atoms with E-state index in [1.807, 2.05) is 128 Å². The fourth-order valence-electron chi connectivity index (χ4n) is 16.9. The maximum atomic E-state index is 13.5. The molecule has 3 fully saturated rings. The van der Waals surface area contributed by atoms with Gasteiger partial charge in [-0.3, -0.25) is 50.1 Å². The molecule has 113 heavy (non-hydrogen) atoms. The molecule has 5 aliphatic carbocycles. The van der Waals surface area contributed by atoms with Gasteiger partial charge < -0.3 is 31.2 Å². The Balaban J connectivity index is 0.000000115. The Hall–Kier alpha value is -11.8. The standard InChI is InChI=1S/C24H23N5O2.C24H22N4O3.C16H14N4O2.C12H14BrN3O.C10H9BrO/c1-31-19-7-5-16(6-8-19)14-29-22(30)24(28-23(29)25)10-9-21-17(11-24)3-2-4-20(21)18-12-26-15-27-13-18;1-31-19-7-5-16(6-8-19)14-28-22(29)24(27-23(28)30)10-9-21-17(11-24)3-2-4-20(21)18-12-25-15-26-13-18;21-14-16(20-15(22)19-14)5-4-13-10(6-16)2-1-3-12(13)11-7-17-9-18-8-11;13-9-3-1-2-7-6-12(5-4-8(7)9)10(17)15-11(14)16-12;11-10-3-1-2-7-6-8(12)4-5-9(7)10/h2-8,12-13,15H,9-11,14H2,1H3,(H2,25,28);2-8,12-13,15H,9-11,14H2,1H3,(H,27,30);1-3,7-9H,4-6H2,(H2,19,20,21,22);1-3,11,16H,4-6,14H2,(H,15,17);1-3H,4-6H2. The lowest BCUT2D eigenvalue weighted by Crippen LogP contribution is -2.52. The summed E-state index contributed by atoms with van der Waals surface area (Å²) < 4.78 is 12.7. The number of methoxy groups -OCH3 is 2. The number of guanidine groups is 1. The number of nitrogens with zero attached hydrogens (tertiary/aromatic N) is 9. The van der Waals surface area contributed by atoms with Gasteiger partial charge >= 0.3 is 12.1 Å². The molecule has 3 saturated heterocycles. The number of ketones is 1. The molecular weight excluding hydrogens is 1560 g/mol. The smallest absolute Gasteiger partial charge is 0.325 e. The van der Waals surface area contributed by atoms with Gasteiger partial charge in [0.25, 0.3) is 17.7 Å². The molecule has 5 atom stereocenters. The van der Waals surface area contributed by atoms with Crippen molar-refractivity contribution in [3.05, 3.63) is 271 Å². The summed E-state index contributed by atoms with van der Waals surface area (Å²) in [6, 6.07) is 44.8. The number of imide groups is 2. The zero-order valence-corrected chi connectivity index (χ0v) is 65.4. The van der Waals surface area contributed by atoms with Gasteiger partial charge in [-0.1, -0.05) is 135 Å². The molecule has 0 saturated carbocycles. The van der Waals surface area contributed by atoms with E-state index in [4.69, 9.17) is 25.9 Å². The molecule has 19 rings (SSSR count). The minimum atomic E-state index is -0.887. The Morgan fingerprint density at radius 1 is 0.460 bits per heavy atom. The van der Waals surface area contributed by atoms with Crippen molar-refractivity contribution in [1.29, 1.82) is 0 Å². The quantitative estimate of drug-likeness (QED) is 0.0660. The number of benzene rings is 7. The molecule has 4 aliphatic heterocycles. The molecule has 9 aliphatic rings. The molecule has 4 spiro atoms. The summed E-state index contributed by atoms with van der Waals surface area (Å²) in [5.41, 5.74) is 29.0. The van der Waals surface area contributed by atoms with Crippen molar-refractivity contribution in [1.82, 2.24) is 66.3 Å². The second-order valence-electron chi connectivity index (χ2n) is 29.5. The zero-order valence-electron chi connectivity index (χ0n) is 62.2. The summed E-state index contributed by atoms with van der Waals surface area (Å²) in [5, 5.41) is 14.1. The number of carbonyl (C=O) groups excluding carboxylic acids is 7. The first kappa shape index (κ1) is 76.6. The topological polar surface area (TPSA) is 346 Å². The molecule has 3 aromatic heterocycles. The van der Waals surface area contributed by atoms with E-state index in [9.17, 15) is 33.6 Å². The highest BCUT2D eigenvalue weighted by atomic mass is 79.9. The van der Waals surface area contributed by atoms with Gasteiger partial charge in [0.2, 0.25) is 5.91 Å². The molecule has 9 N–H and O–H groups in total. The minimum absolute atomic E-state index is 0.0237. The summed E-state index contributed by atoms with van der Waals surface area (Å²) in [6.45, 7) is 0.638. The number of nitrogens with one attached hydrogen (secondary N) is 5. The number of aliphatic imine (C=N–C) groups is 1. The number of amides is 8. The van der Waals surface area contributed by atoms with Crippen molar-refractivity contribution in [2.75, 3.05) is 14.2 Å². The summed E-state index contributed by atoms with van der Waals surface area (Å²) in [5.74, 6) is 1.77. The molecular formula is C86H82Br2N16O9. The van der Waals surface area contributed by atoms with Crippen molar-refractivity contribution in [2.45, 2.75) is 138 Å². The van der Waals surface area contributed by atoms with Gasteiger partial charge in [0.15, 0.2) is 5.96 Å². The first-order valence-electron chi connectivity index (χ1n) is 37.4. The van der Waals surface area contributed by atoms with Gasteiger partial charge in [0, 0.05) is 101 Å². The van der Waals surface area contributed by atoms with Crippen molar-refractivity contribution in [3.8, 4) is 44.9 Å². The van der Waals surface area contributed by atoms with Gasteiger partial charge in [-0.25, -0.2) is 44.5 Å². The van der Waals surface area contributed by atoms with E-state index in [1.165, 1.54) is 62.8 Å². The fraction of sp³-hybridized carbons (Fsp3) is 0.279. The van der Waals surface area contributed by atoms with E-state index in [0.717, 1.165) is 114 Å². The Kier molecular flexibility index (Phi) is 22.0. The number of hydrogen-bond donors (Lipinski definition) is 7. The van der Waals surface area contributed by atoms with Crippen LogP contribution in [0.25, 0.3) is 33.4 Å². The first-order valence-corrected chi connectivity index (χ1v) is 39.0. The minimum Gasteiger partial charge on any atom is -0.497 e. The Morgan fingerprint density at radius 3 is 1.39 bits per heavy atom. The van der Waals surface area contributed by atoms with Crippen molar-refractivity contribution in [3.63, 3.8) is 0 Å². The molecule has 0 bridgehead atoms. The SMILES string of the molecule is COc1ccc(CN2C(=O)C3(CCc4c(cccc4-c4cncnc4)C3)N=C2N)cc1.COc1ccc(CN2C(=O)NC3(CCc4c(cccc4-c4cncnc4)C3)C2=O)cc1.NC1NC(=O)C2(CCc3c(Br)cccc3C2)N1.O=C1CCc2c(Br)cccc2C1.O=C1NC(=O)C2(CCc3c(cccc3-c3cncnc3)C2)N1. The van der Waals surface area contributed by atoms with Crippen LogP contribution < -0.4 is 47.5 Å². The van der Waals surface area contributed by atoms with Crippen LogP contribution in [0.3, 0.4) is 0 Å². The highest BCUT2D eigenvalue weighted by molar-refractivity contribution is 9.10. The molecule has 25 nitrogen and oxygen atoms in total. The van der Waals surface area contributed by atoms with Crippen LogP contribution in [0.15, 0.2) is 210 Å². The van der Waals surface area contributed by atoms with E-state index in [1.54, 1.807) is 43.9 Å². The molecule has 10 aromatic rings. The molecule has 0 radical (unpaired) electrons. The molecule has 7 aromatic carbocycles. The van der Waals surface area contributed by atoms with Crippen LogP contribution in [-0.2, 0) is 101 Å². The lowest BCUT2D eigenvalue weighted by Gasteiger charge is -2.33. The van der Waals surface area contributed by atoms with Gasteiger partial charge in [0.1, 0.15) is 64.7 Å². The molecule has 8 amide bonds. The van der Waals surface area contributed by atoms with E-state index < -0.39 is 34.5 Å². The summed E-state index contributed by atoms with van der Waals surface area (Å²) in [7, 11) is 3.23. The second-order valence-corrected chi connectivity index (χ2v) is 31.3. The third-order valence-corrected chi connectivity index (χ3v) is 24.2. The van der Waals surface area contributed by atoms with Crippen LogP contribution in [0.2, 0.25) is 0 Å². The Bertz CT molecular complexity index is 5330. The van der Waals surface area contributed by atoms with Crippen molar-refractivity contribution >= 4 is 79.3 Å². The number of carbonyl (C=O) groups is 7. The second kappa shape index (κ2) is 32.5. The van der Waals surface area contributed by atoms with Crippen molar-refractivity contribution < 1.29 is 43.0 Å². The van der Waals surface area contributed by atoms with E-state index >= 15 is 0 Å². The molecule has 5 unspecified atom stereocenters. The number of urea groups is 2. The predicted octanol–water partition coefficient (Wildman–Crippen LogP) is 10.2. The number of nitrogens with two attached hydrogens (primary N) is 2. The lowest BCUT2D eigenvalue weighted by atomic mass is 9.76. The molecule has 574 valence electrons. The Morgan fingerprint density at radius 2 is 0.894 bits per heavy atom. The number of hydrogen-bond acceptors (Lipinski definition) is 19. The summed E-state index contributed by atoms with van der Waals surface area (Å²) in [6.07, 6.45) is 25.1. The number of Topliss-reactive ketones (excluding diaryl/α,β-unsaturated/α-hetero) is 1. The van der Waals surface area contributed by atoms with Crippen LogP contribution in [0.1, 0.15) is 98.9 Å². The van der Waals surface area contributed by atoms with Crippen LogP contribution in [0, 0.1) is 0 Å². The number of halogens is 2. The van der Waals surface area contributed by atoms with Gasteiger partial charge in [0.05, 0.1) is 27.3 Å². The zero-order chi connectivity index (χ0) is 78.6. The van der Waals surface area contributed by atoms with Crippen LogP contribution >= 0.6 is 31.9 Å². The Labute approximate surface area is 669 Å². The maximum Gasteiger partial charge on any atom is 0.325 e. The summed E-state index contributed by atoms with van der Waals surface area (Å²) in [4.78, 5) is 119. The third-order valence-electron chi connectivity index (χ3n) is 22.7. The average molecular weight is 1640 g/mol. The lowest BCUT2D eigenvalue weighted by molar-refractivity contribution is -0.132.